The van der Waals surface area contributed by atoms with Crippen molar-refractivity contribution in [3.63, 3.8) is 0 Å². The number of ether oxygens (including phenoxy) is 1. The summed E-state index contributed by atoms with van der Waals surface area (Å²) in [6, 6.07) is 18.5. The quantitative estimate of drug-likeness (QED) is 0.0875. The van der Waals surface area contributed by atoms with Crippen LogP contribution in [0.1, 0.15) is 434 Å². The number of rotatable bonds is 25. The molecule has 12 nitrogen and oxygen atoms in total. The lowest BCUT2D eigenvalue weighted by Gasteiger charge is -2.37. The number of nitrogens with zero attached hydrogens (tertiary/aromatic N) is 11. The third kappa shape index (κ3) is 35.4. The summed E-state index contributed by atoms with van der Waals surface area (Å²) in [6.07, 6.45) is 21.8. The molecule has 0 bridgehead atoms. The highest BCUT2D eigenvalue weighted by atomic mass is 19.4. The van der Waals surface area contributed by atoms with E-state index < -0.39 is 12.1 Å². The van der Waals surface area contributed by atoms with Gasteiger partial charge in [0.05, 0.1) is 12.5 Å². The summed E-state index contributed by atoms with van der Waals surface area (Å²) in [7, 11) is 4.01. The zero-order chi connectivity index (χ0) is 100. The summed E-state index contributed by atoms with van der Waals surface area (Å²) < 4.78 is 43.1. The smallest absolute Gasteiger partial charge is 0.384 e. The molecule has 15 heteroatoms. The van der Waals surface area contributed by atoms with Gasteiger partial charge in [-0.1, -0.05) is 179 Å². The van der Waals surface area contributed by atoms with Gasteiger partial charge >= 0.3 is 6.18 Å². The standard InChI is InChI=1S/C13H27NO.C13H25N.2C13H27N.C11H20F3N.2C11H21N.C11H23N.C10H22N2.C10H21N/c1-9(2)13-7-12(8-15-6)11(5)14(13)10(3)4;1-9(2)13-8-11-6-5-7-12(11)14(13)10(3)4;1-9(2)12-7-8-13(10(3)4)14(12)11(5)6;1-6-7-12-8-9-13(10(2)3)14(12)11(4)5;1-7(2)10-5-9(11(12,13)14)6-15(10)8(3)4;1-7(2)11-10-5-9(10)6-12(11)8(3)4;1-7(2)10-5-9-6-11(9)12(10)8(3)4;1-8(2)11-10(5)6-7-12(11)9(3)4;1-8(2)10-6-7-11(5)12(10)9(3)4;1-8(2)10-6-5-7-11(10)9(3)4/h9-13H,7-8H2,1-6H3;9-13H,5-8H2,1-4H3;9-13H,7-8H2,1-6H3;10-13H,6-9H2,1-5H3;7-10H,5-6H2,1-4H3;2*7-11H,5-6H2,1-4H3;8-11H,6-7H2,1-5H3;8-10H,6-7H2,1-5H3;8-10H,5-7H2,1-4H3/t2*11?,12?,13-;12-,13?;12?,13-;9?,10-;9?,10?,11-;9?,10-,11?;10?,11-;2*10-/m0000010100/s1. The number of hydrazine groups is 1. The van der Waals surface area contributed by atoms with Gasteiger partial charge in [0, 0.05) is 185 Å². The molecule has 22 atom stereocenters. The van der Waals surface area contributed by atoms with Crippen molar-refractivity contribution in [2.24, 2.45) is 107 Å². The lowest BCUT2D eigenvalue weighted by molar-refractivity contribution is -0.171. The van der Waals surface area contributed by atoms with Gasteiger partial charge in [0.2, 0.25) is 0 Å². The molecule has 0 aromatic rings. The van der Waals surface area contributed by atoms with Gasteiger partial charge in [-0.3, -0.25) is 44.1 Å². The van der Waals surface area contributed by atoms with E-state index in [9.17, 15) is 13.2 Å². The van der Waals surface area contributed by atoms with Crippen LogP contribution in [-0.2, 0) is 4.74 Å². The maximum absolute atomic E-state index is 12.6. The molecule has 13 rings (SSSR count). The predicted octanol–water partition coefficient (Wildman–Crippen LogP) is 28.7. The van der Waals surface area contributed by atoms with E-state index in [1.54, 1.807) is 0 Å². The Morgan fingerprint density at radius 3 is 1.11 bits per heavy atom. The van der Waals surface area contributed by atoms with E-state index in [0.29, 0.717) is 36.0 Å². The maximum Gasteiger partial charge on any atom is 0.393 e. The molecule has 3 aliphatic carbocycles. The first-order valence-electron chi connectivity index (χ1n) is 56.7. The van der Waals surface area contributed by atoms with E-state index >= 15 is 0 Å². The lowest BCUT2D eigenvalue weighted by Crippen LogP contribution is -2.45. The molecule has 0 aromatic carbocycles. The minimum absolute atomic E-state index is 0.0802. The van der Waals surface area contributed by atoms with E-state index in [0.717, 1.165) is 210 Å². The third-order valence-electron chi connectivity index (χ3n) is 34.5. The molecule has 0 N–H and O–H groups in total. The van der Waals surface area contributed by atoms with E-state index in [1.807, 2.05) is 39.7 Å². The summed E-state index contributed by atoms with van der Waals surface area (Å²) in [5.74, 6) is 13.1. The molecule has 13 aliphatic rings. The lowest BCUT2D eigenvalue weighted by atomic mass is 9.92. The number of methoxy groups -OCH3 is 1. The summed E-state index contributed by atoms with van der Waals surface area (Å²) in [5.41, 5.74) is 0. The molecular formula is C116H234F3N11O. The molecule has 10 aliphatic heterocycles. The van der Waals surface area contributed by atoms with Crippen LogP contribution >= 0.6 is 0 Å². The molecule has 10 heterocycles. The fourth-order valence-corrected chi connectivity index (χ4v) is 28.2. The van der Waals surface area contributed by atoms with Crippen LogP contribution in [-0.4, -0.2) is 265 Å². The molecule has 3 saturated carbocycles. The van der Waals surface area contributed by atoms with E-state index in [2.05, 4.69) is 340 Å². The Hall–Kier alpha value is -0.690. The topological polar surface area (TPSA) is 44.9 Å². The minimum atomic E-state index is -4.03. The van der Waals surface area contributed by atoms with Crippen molar-refractivity contribution in [1.29, 1.82) is 0 Å². The average Bonchev–Trinajstić information content (AvgIpc) is 1.59. The highest BCUT2D eigenvalue weighted by Gasteiger charge is 2.56. The van der Waals surface area contributed by atoms with Crippen LogP contribution in [0.2, 0.25) is 0 Å². The van der Waals surface area contributed by atoms with Crippen molar-refractivity contribution >= 4 is 0 Å². The van der Waals surface area contributed by atoms with Crippen LogP contribution in [0.5, 0.6) is 0 Å². The number of halogens is 3. The van der Waals surface area contributed by atoms with Crippen LogP contribution in [0, 0.1) is 107 Å². The number of fused-ring (bicyclic) bond motifs is 3. The Labute approximate surface area is 818 Å². The first-order valence-corrected chi connectivity index (χ1v) is 56.7. The van der Waals surface area contributed by atoms with E-state index in [4.69, 9.17) is 4.74 Å². The van der Waals surface area contributed by atoms with Gasteiger partial charge in [-0.15, -0.1) is 0 Å². The number of piperidine rings is 2. The Morgan fingerprint density at radius 1 is 0.313 bits per heavy atom. The highest BCUT2D eigenvalue weighted by Crippen LogP contribution is 2.53. The van der Waals surface area contributed by atoms with Gasteiger partial charge in [-0.25, -0.2) is 10.0 Å². The second kappa shape index (κ2) is 57.0. The molecule has 0 radical (unpaired) electrons. The van der Waals surface area contributed by atoms with Crippen molar-refractivity contribution < 1.29 is 17.9 Å². The van der Waals surface area contributed by atoms with Crippen LogP contribution < -0.4 is 0 Å². The van der Waals surface area contributed by atoms with Crippen LogP contribution in [0.3, 0.4) is 0 Å². The Balaban J connectivity index is 0.000000305. The minimum Gasteiger partial charge on any atom is -0.384 e. The normalized spacial score (nSPS) is 32.9. The largest absolute Gasteiger partial charge is 0.393 e. The molecule has 0 aromatic heterocycles. The van der Waals surface area contributed by atoms with Crippen molar-refractivity contribution in [2.75, 3.05) is 53.5 Å². The van der Waals surface area contributed by atoms with Crippen molar-refractivity contribution in [3.05, 3.63) is 0 Å². The van der Waals surface area contributed by atoms with Crippen molar-refractivity contribution in [1.82, 2.24) is 54.1 Å². The summed E-state index contributed by atoms with van der Waals surface area (Å²) in [4.78, 5) is 23.8. The third-order valence-corrected chi connectivity index (χ3v) is 34.5. The van der Waals surface area contributed by atoms with Gasteiger partial charge < -0.3 is 4.74 Å². The second-order valence-corrected chi connectivity index (χ2v) is 51.5. The van der Waals surface area contributed by atoms with Gasteiger partial charge in [0.15, 0.2) is 0 Å². The first kappa shape index (κ1) is 123. The Bertz CT molecular complexity index is 2810. The average molecular weight is 1860 g/mol. The zero-order valence-corrected chi connectivity index (χ0v) is 96.5. The van der Waals surface area contributed by atoms with Crippen molar-refractivity contribution in [3.8, 4) is 0 Å². The van der Waals surface area contributed by atoms with Crippen LogP contribution in [0.4, 0.5) is 13.2 Å². The van der Waals surface area contributed by atoms with E-state index in [1.165, 1.54) is 142 Å². The monoisotopic (exact) mass is 1850 g/mol. The molecule has 131 heavy (non-hydrogen) atoms. The molecule has 780 valence electrons. The molecular weight excluding hydrogens is 1620 g/mol. The highest BCUT2D eigenvalue weighted by molar-refractivity contribution is 5.09. The zero-order valence-electron chi connectivity index (χ0n) is 96.5. The van der Waals surface area contributed by atoms with Gasteiger partial charge in [-0.2, -0.15) is 13.2 Å². The summed E-state index contributed by atoms with van der Waals surface area (Å²) >= 11 is 0. The Morgan fingerprint density at radius 2 is 0.748 bits per heavy atom. The molecule has 12 unspecified atom stereocenters. The van der Waals surface area contributed by atoms with Gasteiger partial charge in [-0.05, 0) is 368 Å². The SMILES string of the molecule is CC(C)C1CC[C@@H](C(C)C)N1C(C)C.CC(C)[C@@H]1C(C)CCN1C(C)C.CC(C)[C@@H]1C2CC2CN1C(C)C.CC(C)[C@@H]1CC(C(F)(F)F)CN1C(C)C.CC(C)[C@@H]1CC2CC2N1C(C)C.CC(C)[C@@H]1CC2CCCC2N1C(C)C.CC(C)[C@@H]1CCCN1C(C)C.CC(C)[C@@H]1CCN(C)N1C(C)C.CCCC1CC[C@@H](C(C)C)N1C(C)C.COCC1C[C@@H](C(C)C)N(C(C)C)C1C. The molecule has 0 spiro atoms. The fourth-order valence-electron chi connectivity index (χ4n) is 28.2. The fraction of sp³-hybridized carbons (Fsp3) is 1.00. The van der Waals surface area contributed by atoms with Gasteiger partial charge in [0.25, 0.3) is 0 Å². The predicted molar refractivity (Wildman–Crippen MR) is 569 cm³/mol. The van der Waals surface area contributed by atoms with Crippen molar-refractivity contribution in [2.45, 2.75) is 591 Å². The summed E-state index contributed by atoms with van der Waals surface area (Å²) in [6.45, 7) is 110. The van der Waals surface area contributed by atoms with E-state index in [-0.39, 0.29) is 25.0 Å². The summed E-state index contributed by atoms with van der Waals surface area (Å²) in [5, 5.41) is 4.89. The van der Waals surface area contributed by atoms with Gasteiger partial charge in [0.1, 0.15) is 0 Å². The first-order chi connectivity index (χ1) is 60.8. The Kier molecular flexibility index (Phi) is 53.3. The molecule has 10 saturated heterocycles. The maximum atomic E-state index is 12.6. The number of likely N-dealkylation sites (tertiary alicyclic amines) is 9. The number of hydrogen-bond acceptors (Lipinski definition) is 12. The van der Waals surface area contributed by atoms with Crippen LogP contribution in [0.25, 0.3) is 0 Å². The second-order valence-electron chi connectivity index (χ2n) is 51.5. The number of alkyl halides is 3. The number of hydrogen-bond donors (Lipinski definition) is 0. The van der Waals surface area contributed by atoms with Crippen LogP contribution in [0.15, 0.2) is 0 Å². The molecule has 13 fully saturated rings. The molecule has 0 amide bonds.